The number of hydrogen-bond donors (Lipinski definition) is 0. The van der Waals surface area contributed by atoms with E-state index in [9.17, 15) is 32.9 Å². The van der Waals surface area contributed by atoms with Gasteiger partial charge in [0.25, 0.3) is 11.6 Å². The molecule has 0 heterocycles. The minimum atomic E-state index is -4.66. The summed E-state index contributed by atoms with van der Waals surface area (Å²) in [6.07, 6.45) is -3.58. The average Bonchev–Trinajstić information content (AvgIpc) is 2.51. The number of nitrogens with zero attached hydrogens (tertiary/aromatic N) is 2. The van der Waals surface area contributed by atoms with E-state index in [1.807, 2.05) is 0 Å². The summed E-state index contributed by atoms with van der Waals surface area (Å²) in [6, 6.07) is 2.60. The number of methoxy groups -OCH3 is 1. The van der Waals surface area contributed by atoms with E-state index in [-0.39, 0.29) is 5.56 Å². The van der Waals surface area contributed by atoms with Crippen molar-refractivity contribution in [2.75, 3.05) is 20.2 Å². The highest BCUT2D eigenvalue weighted by atomic mass is 19.4. The van der Waals surface area contributed by atoms with Crippen molar-refractivity contribution in [1.82, 2.24) is 4.90 Å². The first-order chi connectivity index (χ1) is 11.1. The second-order valence-electron chi connectivity index (χ2n) is 4.61. The number of carbonyl (C=O) groups is 2. The lowest BCUT2D eigenvalue weighted by atomic mass is 10.1. The van der Waals surface area contributed by atoms with Gasteiger partial charge in [-0.25, -0.2) is 4.79 Å². The lowest BCUT2D eigenvalue weighted by molar-refractivity contribution is -0.384. The van der Waals surface area contributed by atoms with Crippen molar-refractivity contribution in [3.8, 4) is 0 Å². The largest absolute Gasteiger partial charge is 0.465 e. The maximum absolute atomic E-state index is 12.6. The van der Waals surface area contributed by atoms with Crippen LogP contribution in [0.5, 0.6) is 0 Å². The van der Waals surface area contributed by atoms with E-state index in [0.29, 0.717) is 4.90 Å². The highest BCUT2D eigenvalue weighted by Crippen LogP contribution is 2.22. The van der Waals surface area contributed by atoms with Crippen LogP contribution in [0.2, 0.25) is 0 Å². The molecule has 0 unspecified atom stereocenters. The van der Waals surface area contributed by atoms with Crippen LogP contribution < -0.4 is 0 Å². The molecule has 1 amide bonds. The van der Waals surface area contributed by atoms with Crippen LogP contribution in [-0.2, 0) is 4.74 Å². The Balaban J connectivity index is 3.32. The van der Waals surface area contributed by atoms with Crippen LogP contribution in [0.1, 0.15) is 20.7 Å². The van der Waals surface area contributed by atoms with Gasteiger partial charge >= 0.3 is 12.1 Å². The number of amides is 1. The molecule has 10 heteroatoms. The number of non-ortho nitro benzene ring substituents is 1. The smallest absolute Gasteiger partial charge is 0.406 e. The molecular formula is C14H13F3N2O5. The Bertz CT molecular complexity index is 673. The van der Waals surface area contributed by atoms with E-state index in [1.165, 1.54) is 0 Å². The van der Waals surface area contributed by atoms with Crippen molar-refractivity contribution >= 4 is 17.6 Å². The number of carbonyl (C=O) groups excluding carboxylic acids is 2. The Morgan fingerprint density at radius 2 is 1.92 bits per heavy atom. The van der Waals surface area contributed by atoms with Gasteiger partial charge in [0.05, 0.1) is 17.6 Å². The van der Waals surface area contributed by atoms with E-state index in [4.69, 9.17) is 0 Å². The molecule has 1 aromatic rings. The third kappa shape index (κ3) is 5.07. The summed E-state index contributed by atoms with van der Waals surface area (Å²) in [7, 11) is 1.02. The first-order valence-corrected chi connectivity index (χ1v) is 6.43. The Labute approximate surface area is 134 Å². The van der Waals surface area contributed by atoms with Crippen LogP contribution in [0.3, 0.4) is 0 Å². The first kappa shape index (κ1) is 19.1. The Kier molecular flexibility index (Phi) is 6.04. The van der Waals surface area contributed by atoms with Crippen LogP contribution >= 0.6 is 0 Å². The third-order valence-corrected chi connectivity index (χ3v) is 2.80. The number of esters is 1. The molecule has 0 aromatic heterocycles. The maximum Gasteiger partial charge on any atom is 0.406 e. The van der Waals surface area contributed by atoms with Crippen molar-refractivity contribution in [3.63, 3.8) is 0 Å². The zero-order valence-electron chi connectivity index (χ0n) is 12.5. The zero-order valence-corrected chi connectivity index (χ0v) is 12.5. The Morgan fingerprint density at radius 1 is 1.33 bits per heavy atom. The fourth-order valence-electron chi connectivity index (χ4n) is 1.85. The van der Waals surface area contributed by atoms with Gasteiger partial charge in [0, 0.05) is 24.2 Å². The van der Waals surface area contributed by atoms with E-state index in [0.717, 1.165) is 31.4 Å². The molecule has 0 bridgehead atoms. The lowest BCUT2D eigenvalue weighted by Crippen LogP contribution is -2.39. The molecule has 0 saturated heterocycles. The van der Waals surface area contributed by atoms with Crippen LogP contribution in [0.25, 0.3) is 0 Å². The average molecular weight is 346 g/mol. The molecule has 0 N–H and O–H groups in total. The molecular weight excluding hydrogens is 333 g/mol. The first-order valence-electron chi connectivity index (χ1n) is 6.43. The summed E-state index contributed by atoms with van der Waals surface area (Å²) in [5.74, 6) is -2.08. The number of benzene rings is 1. The van der Waals surface area contributed by atoms with Crippen molar-refractivity contribution in [2.24, 2.45) is 0 Å². The molecule has 0 atom stereocenters. The number of alkyl halides is 3. The summed E-state index contributed by atoms with van der Waals surface area (Å²) < 4.78 is 42.1. The fraction of sp³-hybridized carbons (Fsp3) is 0.286. The lowest BCUT2D eigenvalue weighted by Gasteiger charge is -2.22. The van der Waals surface area contributed by atoms with E-state index in [2.05, 4.69) is 11.3 Å². The second-order valence-corrected chi connectivity index (χ2v) is 4.61. The summed E-state index contributed by atoms with van der Waals surface area (Å²) in [4.78, 5) is 34.2. The van der Waals surface area contributed by atoms with Crippen molar-refractivity contribution in [3.05, 3.63) is 52.1 Å². The quantitative estimate of drug-likeness (QED) is 0.342. The standard InChI is InChI=1S/C14H13F3N2O5/c1-3-4-18(8-14(15,16)17)12(20)9-5-10(13(21)24-2)7-11(6-9)19(22)23/h3,5-7H,1,4,8H2,2H3. The van der Waals surface area contributed by atoms with Crippen LogP contribution in [0, 0.1) is 10.1 Å². The number of rotatable bonds is 6. The van der Waals surface area contributed by atoms with Gasteiger partial charge in [-0.15, -0.1) is 6.58 Å². The molecule has 0 fully saturated rings. The third-order valence-electron chi connectivity index (χ3n) is 2.80. The van der Waals surface area contributed by atoms with Gasteiger partial charge < -0.3 is 9.64 Å². The number of hydrogen-bond acceptors (Lipinski definition) is 5. The fourth-order valence-corrected chi connectivity index (χ4v) is 1.85. The van der Waals surface area contributed by atoms with Crippen molar-refractivity contribution in [1.29, 1.82) is 0 Å². The molecule has 7 nitrogen and oxygen atoms in total. The van der Waals surface area contributed by atoms with Gasteiger partial charge in [-0.05, 0) is 6.07 Å². The van der Waals surface area contributed by atoms with E-state index in [1.54, 1.807) is 0 Å². The predicted octanol–water partition coefficient (Wildman–Crippen LogP) is 2.57. The molecule has 0 radical (unpaired) electrons. The molecule has 0 aliphatic rings. The van der Waals surface area contributed by atoms with Gasteiger partial charge in [-0.2, -0.15) is 13.2 Å². The topological polar surface area (TPSA) is 89.8 Å². The van der Waals surface area contributed by atoms with Gasteiger partial charge in [0.15, 0.2) is 0 Å². The van der Waals surface area contributed by atoms with Crippen LogP contribution in [-0.4, -0.2) is 48.1 Å². The predicted molar refractivity (Wildman–Crippen MR) is 76.6 cm³/mol. The molecule has 1 rings (SSSR count). The van der Waals surface area contributed by atoms with Gasteiger partial charge in [0.1, 0.15) is 6.54 Å². The molecule has 1 aromatic carbocycles. The normalized spacial score (nSPS) is 10.8. The minimum Gasteiger partial charge on any atom is -0.465 e. The maximum atomic E-state index is 12.6. The second kappa shape index (κ2) is 7.57. The number of nitro benzene ring substituents is 1. The molecule has 0 saturated carbocycles. The number of ether oxygens (including phenoxy) is 1. The summed E-state index contributed by atoms with van der Waals surface area (Å²) >= 11 is 0. The molecule has 0 spiro atoms. The van der Waals surface area contributed by atoms with Crippen LogP contribution in [0.15, 0.2) is 30.9 Å². The monoisotopic (exact) mass is 346 g/mol. The number of nitro groups is 1. The zero-order chi connectivity index (χ0) is 18.5. The van der Waals surface area contributed by atoms with Crippen LogP contribution in [0.4, 0.5) is 18.9 Å². The summed E-state index contributed by atoms with van der Waals surface area (Å²) in [5.41, 5.74) is -1.37. The van der Waals surface area contributed by atoms with Gasteiger partial charge in [0.2, 0.25) is 0 Å². The molecule has 130 valence electrons. The minimum absolute atomic E-state index is 0.319. The van der Waals surface area contributed by atoms with Crippen molar-refractivity contribution < 1.29 is 32.4 Å². The highest BCUT2D eigenvalue weighted by Gasteiger charge is 2.33. The number of halogens is 3. The Hall–Kier alpha value is -2.91. The summed E-state index contributed by atoms with van der Waals surface area (Å²) in [6.45, 7) is 1.28. The SMILES string of the molecule is C=CCN(CC(F)(F)F)C(=O)c1cc(C(=O)OC)cc([N+](=O)[O-])c1. The summed E-state index contributed by atoms with van der Waals surface area (Å²) in [5, 5.41) is 10.9. The molecule has 0 aliphatic heterocycles. The van der Waals surface area contributed by atoms with E-state index < -0.39 is 47.3 Å². The van der Waals surface area contributed by atoms with Gasteiger partial charge in [-0.3, -0.25) is 14.9 Å². The highest BCUT2D eigenvalue weighted by molar-refractivity contribution is 5.99. The van der Waals surface area contributed by atoms with E-state index >= 15 is 0 Å². The van der Waals surface area contributed by atoms with Crippen molar-refractivity contribution in [2.45, 2.75) is 6.18 Å². The Morgan fingerprint density at radius 3 is 2.38 bits per heavy atom. The molecule has 24 heavy (non-hydrogen) atoms. The van der Waals surface area contributed by atoms with Gasteiger partial charge in [-0.1, -0.05) is 6.08 Å². The molecule has 0 aliphatic carbocycles.